The first-order valence-electron chi connectivity index (χ1n) is 23.9. The van der Waals surface area contributed by atoms with Crippen molar-refractivity contribution in [3.63, 3.8) is 0 Å². The van der Waals surface area contributed by atoms with Gasteiger partial charge in [-0.05, 0) is 30.7 Å². The maximum absolute atomic E-state index is 13.3. The lowest BCUT2D eigenvalue weighted by molar-refractivity contribution is -0.122. The van der Waals surface area contributed by atoms with Gasteiger partial charge in [0, 0.05) is 122 Å². The highest BCUT2D eigenvalue weighted by molar-refractivity contribution is 5.78. The van der Waals surface area contributed by atoms with Crippen LogP contribution in [-0.2, 0) is 43.4 Å². The molecule has 22 nitrogen and oxygen atoms in total. The summed E-state index contributed by atoms with van der Waals surface area (Å²) in [7, 11) is 0. The van der Waals surface area contributed by atoms with E-state index in [1.807, 2.05) is 35.5 Å². The van der Waals surface area contributed by atoms with Gasteiger partial charge in [-0.15, -0.1) is 0 Å². The molecule has 1 aliphatic rings. The number of pyridine rings is 4. The molecule has 0 spiro atoms. The lowest BCUT2D eigenvalue weighted by atomic mass is 10.0. The lowest BCUT2D eigenvalue weighted by Crippen LogP contribution is -2.47. The van der Waals surface area contributed by atoms with Crippen LogP contribution in [0.4, 0.5) is 0 Å². The highest BCUT2D eigenvalue weighted by Crippen LogP contribution is 2.25. The smallest absolute Gasteiger partial charge is 0.283 e. The molecule has 5 N–H and O–H groups in total. The first kappa shape index (κ1) is 56.4. The van der Waals surface area contributed by atoms with Crippen LogP contribution in [0.25, 0.3) is 0 Å². The number of carbonyl (C=O) groups excluding carboxylic acids is 2. The first-order valence-corrected chi connectivity index (χ1v) is 23.9. The molecule has 4 aromatic heterocycles. The zero-order chi connectivity index (χ0) is 50.8. The van der Waals surface area contributed by atoms with E-state index in [4.69, 9.17) is 14.2 Å². The maximum Gasteiger partial charge on any atom is 0.283 e. The Balaban J connectivity index is 0.00000526. The van der Waals surface area contributed by atoms with Gasteiger partial charge in [-0.3, -0.25) is 48.4 Å². The number of nitrogens with one attached hydrogen (secondary N) is 1. The molecule has 5 heterocycles. The minimum absolute atomic E-state index is 0.0105. The van der Waals surface area contributed by atoms with Crippen molar-refractivity contribution in [2.45, 2.75) is 72.1 Å². The molecule has 0 saturated carbocycles. The third-order valence-electron chi connectivity index (χ3n) is 11.7. The second-order valence-corrected chi connectivity index (χ2v) is 16.4. The molecule has 1 unspecified atom stereocenters. The van der Waals surface area contributed by atoms with Crippen molar-refractivity contribution in [3.05, 3.63) is 137 Å². The molecular formula is C48H71N9O13. The Morgan fingerprint density at radius 3 is 1.36 bits per heavy atom. The van der Waals surface area contributed by atoms with Crippen LogP contribution in [0.3, 0.4) is 0 Å². The van der Waals surface area contributed by atoms with Crippen molar-refractivity contribution in [2.75, 3.05) is 98.5 Å². The molecule has 22 heteroatoms. The Labute approximate surface area is 406 Å². The molecule has 1 saturated heterocycles. The molecule has 1 atom stereocenters. The maximum atomic E-state index is 13.3. The monoisotopic (exact) mass is 982 g/mol. The summed E-state index contributed by atoms with van der Waals surface area (Å²) in [5.41, 5.74) is -1.18. The number of hydrogen-bond acceptors (Lipinski definition) is 17. The SMILES string of the molecule is CC.CCC(=O)CCOCCOCCOCCNC(=O)CCC(c1cccc(=O)n1O)N1CCN(Cc2cccc(=O)n2O)CCN(Cc2cccc(=O)n2O)CCN(Cc2cccc(=O)n2O)CC1. The topological polar surface area (TPSA) is 256 Å². The van der Waals surface area contributed by atoms with Crippen molar-refractivity contribution < 1.29 is 44.6 Å². The quantitative estimate of drug-likeness (QED) is 0.0492. The number of rotatable bonds is 24. The number of amides is 1. The molecule has 4 aromatic rings. The summed E-state index contributed by atoms with van der Waals surface area (Å²) < 4.78 is 18.9. The van der Waals surface area contributed by atoms with Gasteiger partial charge in [-0.1, -0.05) is 45.0 Å². The summed E-state index contributed by atoms with van der Waals surface area (Å²) in [6, 6.07) is 17.0. The van der Waals surface area contributed by atoms with Gasteiger partial charge >= 0.3 is 0 Å². The largest absolute Gasteiger partial charge is 0.425 e. The van der Waals surface area contributed by atoms with Gasteiger partial charge in [-0.2, -0.15) is 18.9 Å². The number of ketones is 1. The van der Waals surface area contributed by atoms with Crippen LogP contribution in [0.1, 0.15) is 75.3 Å². The van der Waals surface area contributed by atoms with E-state index in [1.165, 1.54) is 30.3 Å². The first-order chi connectivity index (χ1) is 33.8. The molecule has 386 valence electrons. The van der Waals surface area contributed by atoms with Crippen LogP contribution in [0.5, 0.6) is 0 Å². The van der Waals surface area contributed by atoms with Crippen LogP contribution in [0.2, 0.25) is 0 Å². The van der Waals surface area contributed by atoms with E-state index >= 15 is 0 Å². The molecular weight excluding hydrogens is 911 g/mol. The highest BCUT2D eigenvalue weighted by Gasteiger charge is 2.28. The Morgan fingerprint density at radius 2 is 0.914 bits per heavy atom. The number of Topliss-reactive ketones (excluding diaryl/α,β-unsaturated/α-hetero) is 1. The van der Waals surface area contributed by atoms with Crippen LogP contribution in [0.15, 0.2) is 92.0 Å². The van der Waals surface area contributed by atoms with E-state index in [-0.39, 0.29) is 63.0 Å². The molecule has 0 aliphatic carbocycles. The third-order valence-corrected chi connectivity index (χ3v) is 11.7. The second-order valence-electron chi connectivity index (χ2n) is 16.4. The average molecular weight is 982 g/mol. The van der Waals surface area contributed by atoms with Gasteiger partial charge < -0.3 is 40.4 Å². The van der Waals surface area contributed by atoms with E-state index in [1.54, 1.807) is 42.5 Å². The van der Waals surface area contributed by atoms with Crippen LogP contribution in [0, 0.1) is 0 Å². The number of aromatic nitrogens is 4. The van der Waals surface area contributed by atoms with Crippen molar-refractivity contribution in [1.82, 2.24) is 43.8 Å². The van der Waals surface area contributed by atoms with Crippen molar-refractivity contribution >= 4 is 11.7 Å². The number of ether oxygens (including phenoxy) is 3. The molecule has 70 heavy (non-hydrogen) atoms. The van der Waals surface area contributed by atoms with E-state index < -0.39 is 28.3 Å². The summed E-state index contributed by atoms with van der Waals surface area (Å²) in [4.78, 5) is 83.1. The summed E-state index contributed by atoms with van der Waals surface area (Å²) in [5.74, 6) is -0.135. The fourth-order valence-corrected chi connectivity index (χ4v) is 7.75. The normalized spacial score (nSPS) is 15.0. The predicted octanol–water partition coefficient (Wildman–Crippen LogP) is 1.49. The zero-order valence-corrected chi connectivity index (χ0v) is 40.6. The molecule has 0 bridgehead atoms. The highest BCUT2D eigenvalue weighted by atomic mass is 16.5. The summed E-state index contributed by atoms with van der Waals surface area (Å²) in [5, 5.41) is 46.0. The summed E-state index contributed by atoms with van der Waals surface area (Å²) in [6.07, 6.45) is 1.06. The van der Waals surface area contributed by atoms with Crippen molar-refractivity contribution in [1.29, 1.82) is 0 Å². The zero-order valence-electron chi connectivity index (χ0n) is 40.6. The standard InChI is InChI=1S/C46H65N9O13.C2H6/c1-2-39(56)17-27-66-29-31-68-32-30-67-28-18-47-42(57)16-15-40(41-10-6-14-46(61)55(41)65)51-25-23-49(34-37-8-4-12-44(59)53(37)63)21-19-48(33-36-7-3-11-43(58)52(36)62)20-22-50(24-26-51)35-38-9-5-13-45(60)54(38)64;1-2/h3-14,40,62-65H,2,15-35H2,1H3,(H,47,57);1-2H3. The van der Waals surface area contributed by atoms with Crippen LogP contribution < -0.4 is 27.6 Å². The summed E-state index contributed by atoms with van der Waals surface area (Å²) >= 11 is 0. The minimum atomic E-state index is -0.688. The van der Waals surface area contributed by atoms with Gasteiger partial charge in [0.2, 0.25) is 5.91 Å². The number of nitrogens with zero attached hydrogens (tertiary/aromatic N) is 8. The Kier molecular flexibility index (Phi) is 24.6. The molecule has 1 amide bonds. The van der Waals surface area contributed by atoms with E-state index in [9.17, 15) is 49.6 Å². The Hall–Kier alpha value is -6.14. The number of hydrogen-bond donors (Lipinski definition) is 5. The van der Waals surface area contributed by atoms with E-state index in [0.717, 1.165) is 0 Å². The second kappa shape index (κ2) is 30.5. The van der Waals surface area contributed by atoms with Gasteiger partial charge in [0.1, 0.15) is 5.78 Å². The lowest BCUT2D eigenvalue weighted by Gasteiger charge is -2.37. The van der Waals surface area contributed by atoms with Crippen molar-refractivity contribution in [2.24, 2.45) is 0 Å². The molecule has 0 radical (unpaired) electrons. The fraction of sp³-hybridized carbons (Fsp3) is 0.542. The van der Waals surface area contributed by atoms with Gasteiger partial charge in [0.25, 0.3) is 22.2 Å². The van der Waals surface area contributed by atoms with E-state index in [2.05, 4.69) is 10.2 Å². The van der Waals surface area contributed by atoms with Crippen LogP contribution in [-0.4, -0.2) is 170 Å². The Bertz CT molecular complexity index is 2380. The predicted molar refractivity (Wildman–Crippen MR) is 258 cm³/mol. The molecule has 1 fully saturated rings. The van der Waals surface area contributed by atoms with Crippen molar-refractivity contribution in [3.8, 4) is 0 Å². The molecule has 1 aliphatic heterocycles. The number of carbonyl (C=O) groups is 2. The minimum Gasteiger partial charge on any atom is -0.425 e. The Morgan fingerprint density at radius 1 is 0.529 bits per heavy atom. The van der Waals surface area contributed by atoms with Gasteiger partial charge in [0.05, 0.1) is 68.5 Å². The van der Waals surface area contributed by atoms with Gasteiger partial charge in [0.15, 0.2) is 0 Å². The average Bonchev–Trinajstić information content (AvgIpc) is 3.35. The van der Waals surface area contributed by atoms with E-state index in [0.29, 0.717) is 134 Å². The third kappa shape index (κ3) is 18.3. The summed E-state index contributed by atoms with van der Waals surface area (Å²) in [6.45, 7) is 11.3. The molecule has 0 aromatic carbocycles. The fourth-order valence-electron chi connectivity index (χ4n) is 7.75. The van der Waals surface area contributed by atoms with Gasteiger partial charge in [-0.25, -0.2) is 0 Å². The molecule has 5 rings (SSSR count). The van der Waals surface area contributed by atoms with Crippen LogP contribution >= 0.6 is 0 Å².